The Morgan fingerprint density at radius 1 is 1.58 bits per heavy atom. The summed E-state index contributed by atoms with van der Waals surface area (Å²) in [5.41, 5.74) is 1.25. The van der Waals surface area contributed by atoms with Gasteiger partial charge in [-0.05, 0) is 45.8 Å². The van der Waals surface area contributed by atoms with E-state index in [0.717, 1.165) is 12.3 Å². The van der Waals surface area contributed by atoms with Crippen molar-refractivity contribution in [3.8, 4) is 0 Å². The normalized spacial score (nSPS) is 22.6. The van der Waals surface area contributed by atoms with Crippen LogP contribution in [0.15, 0.2) is 5.38 Å². The summed E-state index contributed by atoms with van der Waals surface area (Å²) in [6, 6.07) is 0.514. The molecule has 0 radical (unpaired) electrons. The summed E-state index contributed by atoms with van der Waals surface area (Å²) in [7, 11) is 2.01. The number of nitrogens with one attached hydrogen (secondary N) is 1. The van der Waals surface area contributed by atoms with Crippen molar-refractivity contribution in [1.82, 2.24) is 15.2 Å². The molecule has 19 heavy (non-hydrogen) atoms. The maximum Gasteiger partial charge on any atom is 0.0931 e. The lowest BCUT2D eigenvalue weighted by atomic mass is 9.95. The minimum absolute atomic E-state index is 0.514. The van der Waals surface area contributed by atoms with Gasteiger partial charge < -0.3 is 10.2 Å². The molecule has 2 rings (SSSR count). The van der Waals surface area contributed by atoms with Crippen LogP contribution in [-0.2, 0) is 12.8 Å². The summed E-state index contributed by atoms with van der Waals surface area (Å²) in [6.07, 6.45) is 4.94. The Morgan fingerprint density at radius 3 is 3.16 bits per heavy atom. The molecule has 1 N–H and O–H groups in total. The first-order valence-electron chi connectivity index (χ1n) is 7.54. The molecular weight excluding hydrogens is 254 g/mol. The van der Waals surface area contributed by atoms with Crippen molar-refractivity contribution < 1.29 is 0 Å². The number of piperidine rings is 1. The number of hydrogen-bond donors (Lipinski definition) is 1. The van der Waals surface area contributed by atoms with E-state index in [1.807, 2.05) is 18.4 Å². The second kappa shape index (κ2) is 7.36. The molecule has 108 valence electrons. The summed E-state index contributed by atoms with van der Waals surface area (Å²) < 4.78 is 0. The highest BCUT2D eigenvalue weighted by atomic mass is 32.1. The van der Waals surface area contributed by atoms with Crippen molar-refractivity contribution in [3.63, 3.8) is 0 Å². The van der Waals surface area contributed by atoms with Crippen LogP contribution in [0.3, 0.4) is 0 Å². The molecule has 0 spiro atoms. The molecule has 1 aliphatic rings. The number of rotatable bonds is 6. The van der Waals surface area contributed by atoms with Crippen LogP contribution in [0.4, 0.5) is 0 Å². The molecule has 1 aromatic rings. The lowest BCUT2D eigenvalue weighted by Crippen LogP contribution is -2.35. The maximum atomic E-state index is 4.80. The van der Waals surface area contributed by atoms with E-state index in [4.69, 9.17) is 4.98 Å². The van der Waals surface area contributed by atoms with E-state index >= 15 is 0 Å². The zero-order valence-electron chi connectivity index (χ0n) is 12.5. The first-order chi connectivity index (χ1) is 9.21. The lowest BCUT2D eigenvalue weighted by molar-refractivity contribution is 0.182. The summed E-state index contributed by atoms with van der Waals surface area (Å²) >= 11 is 1.85. The average molecular weight is 281 g/mol. The Hall–Kier alpha value is -0.450. The van der Waals surface area contributed by atoms with Crippen LogP contribution < -0.4 is 5.32 Å². The summed E-state index contributed by atoms with van der Waals surface area (Å²) in [5, 5.41) is 6.85. The fraction of sp³-hybridized carbons (Fsp3) is 0.800. The zero-order chi connectivity index (χ0) is 13.7. The standard InChI is InChI=1S/C15H27N3S/c1-4-18-7-5-6-13(10-18)9-15-17-14(11-19-15)8-12(2)16-3/h11-13,16H,4-10H2,1-3H3. The molecule has 3 nitrogen and oxygen atoms in total. The Balaban J connectivity index is 1.85. The Kier molecular flexibility index (Phi) is 5.79. The highest BCUT2D eigenvalue weighted by Crippen LogP contribution is 2.22. The van der Waals surface area contributed by atoms with Gasteiger partial charge >= 0.3 is 0 Å². The molecule has 4 heteroatoms. The fourth-order valence-corrected chi connectivity index (χ4v) is 3.73. The third kappa shape index (κ3) is 4.55. The lowest BCUT2D eigenvalue weighted by Gasteiger charge is -2.31. The average Bonchev–Trinajstić information content (AvgIpc) is 2.86. The molecule has 1 aliphatic heterocycles. The van der Waals surface area contributed by atoms with Crippen LogP contribution >= 0.6 is 11.3 Å². The highest BCUT2D eigenvalue weighted by molar-refractivity contribution is 7.09. The monoisotopic (exact) mass is 281 g/mol. The molecular formula is C15H27N3S. The van der Waals surface area contributed by atoms with Crippen molar-refractivity contribution in [1.29, 1.82) is 0 Å². The van der Waals surface area contributed by atoms with Gasteiger partial charge in [0, 0.05) is 30.8 Å². The second-order valence-corrected chi connectivity index (χ2v) is 6.67. The predicted molar refractivity (Wildman–Crippen MR) is 82.9 cm³/mol. The molecule has 2 unspecified atom stereocenters. The Morgan fingerprint density at radius 2 is 2.42 bits per heavy atom. The number of hydrogen-bond acceptors (Lipinski definition) is 4. The van der Waals surface area contributed by atoms with Crippen LogP contribution in [-0.4, -0.2) is 42.6 Å². The summed E-state index contributed by atoms with van der Waals surface area (Å²) in [5.74, 6) is 0.814. The minimum atomic E-state index is 0.514. The van der Waals surface area contributed by atoms with E-state index in [1.165, 1.54) is 49.6 Å². The van der Waals surface area contributed by atoms with E-state index in [9.17, 15) is 0 Å². The maximum absolute atomic E-state index is 4.80. The third-order valence-electron chi connectivity index (χ3n) is 4.12. The minimum Gasteiger partial charge on any atom is -0.317 e. The predicted octanol–water partition coefficient (Wildman–Crippen LogP) is 2.57. The van der Waals surface area contributed by atoms with Gasteiger partial charge in [0.2, 0.25) is 0 Å². The van der Waals surface area contributed by atoms with Crippen LogP contribution in [0.2, 0.25) is 0 Å². The SMILES string of the molecule is CCN1CCCC(Cc2nc(CC(C)NC)cs2)C1. The van der Waals surface area contributed by atoms with Crippen LogP contribution in [0.25, 0.3) is 0 Å². The van der Waals surface area contributed by atoms with Crippen LogP contribution in [0.1, 0.15) is 37.4 Å². The number of likely N-dealkylation sites (N-methyl/N-ethyl adjacent to an activating group) is 1. The van der Waals surface area contributed by atoms with Gasteiger partial charge in [0.15, 0.2) is 0 Å². The second-order valence-electron chi connectivity index (χ2n) is 5.73. The largest absolute Gasteiger partial charge is 0.317 e. The summed E-state index contributed by atoms with van der Waals surface area (Å²) in [4.78, 5) is 7.38. The van der Waals surface area contributed by atoms with E-state index in [0.29, 0.717) is 6.04 Å². The molecule has 0 saturated carbocycles. The van der Waals surface area contributed by atoms with Crippen molar-refractivity contribution in [2.45, 2.75) is 45.6 Å². The van der Waals surface area contributed by atoms with Crippen LogP contribution in [0, 0.1) is 5.92 Å². The zero-order valence-corrected chi connectivity index (χ0v) is 13.3. The van der Waals surface area contributed by atoms with Gasteiger partial charge in [0.1, 0.15) is 0 Å². The van der Waals surface area contributed by atoms with Crippen molar-refractivity contribution in [2.24, 2.45) is 5.92 Å². The van der Waals surface area contributed by atoms with Crippen molar-refractivity contribution >= 4 is 11.3 Å². The first kappa shape index (κ1) is 14.9. The number of thiazole rings is 1. The van der Waals surface area contributed by atoms with Crippen molar-refractivity contribution in [2.75, 3.05) is 26.7 Å². The molecule has 0 aromatic carbocycles. The molecule has 1 saturated heterocycles. The van der Waals surface area contributed by atoms with E-state index in [-0.39, 0.29) is 0 Å². The van der Waals surface area contributed by atoms with Crippen LogP contribution in [0.5, 0.6) is 0 Å². The number of nitrogens with zero attached hydrogens (tertiary/aromatic N) is 2. The van der Waals surface area contributed by atoms with E-state index in [1.54, 1.807) is 0 Å². The molecule has 0 amide bonds. The first-order valence-corrected chi connectivity index (χ1v) is 8.42. The van der Waals surface area contributed by atoms with Gasteiger partial charge in [-0.1, -0.05) is 6.92 Å². The number of aromatic nitrogens is 1. The molecule has 2 heterocycles. The highest BCUT2D eigenvalue weighted by Gasteiger charge is 2.20. The van der Waals surface area contributed by atoms with Gasteiger partial charge in [-0.25, -0.2) is 4.98 Å². The molecule has 2 atom stereocenters. The fourth-order valence-electron chi connectivity index (χ4n) is 2.80. The van der Waals surface area contributed by atoms with Gasteiger partial charge in [0.25, 0.3) is 0 Å². The smallest absolute Gasteiger partial charge is 0.0931 e. The third-order valence-corrected chi connectivity index (χ3v) is 5.04. The van der Waals surface area contributed by atoms with E-state index in [2.05, 4.69) is 29.4 Å². The Bertz CT molecular complexity index is 377. The van der Waals surface area contributed by atoms with Gasteiger partial charge in [-0.3, -0.25) is 0 Å². The van der Waals surface area contributed by atoms with Gasteiger partial charge in [-0.2, -0.15) is 0 Å². The molecule has 0 aliphatic carbocycles. The molecule has 1 fully saturated rings. The van der Waals surface area contributed by atoms with Crippen molar-refractivity contribution in [3.05, 3.63) is 16.1 Å². The quantitative estimate of drug-likeness (QED) is 0.868. The Labute approximate surface area is 121 Å². The van der Waals surface area contributed by atoms with Gasteiger partial charge in [0.05, 0.1) is 10.7 Å². The molecule has 1 aromatic heterocycles. The summed E-state index contributed by atoms with van der Waals surface area (Å²) in [6.45, 7) is 8.22. The molecule has 0 bridgehead atoms. The van der Waals surface area contributed by atoms with E-state index < -0.39 is 0 Å². The topological polar surface area (TPSA) is 28.2 Å². The number of likely N-dealkylation sites (tertiary alicyclic amines) is 1. The van der Waals surface area contributed by atoms with Gasteiger partial charge in [-0.15, -0.1) is 11.3 Å².